The number of aromatic amines is 1. The van der Waals surface area contributed by atoms with Crippen LogP contribution >= 0.6 is 0 Å². The van der Waals surface area contributed by atoms with Crippen LogP contribution in [0.4, 0.5) is 0 Å². The second-order valence-electron chi connectivity index (χ2n) is 8.36. The summed E-state index contributed by atoms with van der Waals surface area (Å²) >= 11 is 0. The molecule has 0 aliphatic carbocycles. The molecule has 3 unspecified atom stereocenters. The lowest BCUT2D eigenvalue weighted by Crippen LogP contribution is -2.56. The van der Waals surface area contributed by atoms with E-state index in [4.69, 9.17) is 22.3 Å². The summed E-state index contributed by atoms with van der Waals surface area (Å²) in [4.78, 5) is 63.4. The fourth-order valence-corrected chi connectivity index (χ4v) is 3.64. The Bertz CT molecular complexity index is 1090. The van der Waals surface area contributed by atoms with Crippen molar-refractivity contribution in [1.82, 2.24) is 20.9 Å². The van der Waals surface area contributed by atoms with Crippen LogP contribution in [0.25, 0.3) is 10.9 Å². The molecule has 0 radical (unpaired) electrons. The second kappa shape index (κ2) is 13.8. The second-order valence-corrected chi connectivity index (χ2v) is 8.36. The first-order valence-electron chi connectivity index (χ1n) is 11.5. The number of amides is 4. The minimum absolute atomic E-state index is 0.203. The number of aliphatic carboxylic acids is 1. The van der Waals surface area contributed by atoms with Gasteiger partial charge in [0.25, 0.3) is 0 Å². The van der Waals surface area contributed by atoms with Crippen molar-refractivity contribution in [2.45, 2.75) is 50.2 Å². The van der Waals surface area contributed by atoms with Crippen molar-refractivity contribution in [1.29, 1.82) is 0 Å². The Morgan fingerprint density at radius 3 is 2.33 bits per heavy atom. The monoisotopic (exact) mass is 503 g/mol. The van der Waals surface area contributed by atoms with Crippen molar-refractivity contribution in [3.8, 4) is 0 Å². The van der Waals surface area contributed by atoms with Gasteiger partial charge >= 0.3 is 5.97 Å². The van der Waals surface area contributed by atoms with Crippen LogP contribution in [0.5, 0.6) is 0 Å². The third kappa shape index (κ3) is 8.67. The molecule has 13 nitrogen and oxygen atoms in total. The van der Waals surface area contributed by atoms with Crippen LogP contribution < -0.4 is 33.2 Å². The summed E-state index contributed by atoms with van der Waals surface area (Å²) in [6.07, 6.45) is 2.72. The first kappa shape index (κ1) is 28.3. The predicted molar refractivity (Wildman–Crippen MR) is 131 cm³/mol. The highest BCUT2D eigenvalue weighted by Gasteiger charge is 2.29. The third-order valence-electron chi connectivity index (χ3n) is 5.48. The highest BCUT2D eigenvalue weighted by Crippen LogP contribution is 2.18. The number of carbonyl (C=O) groups is 5. The zero-order valence-electron chi connectivity index (χ0n) is 19.8. The van der Waals surface area contributed by atoms with Gasteiger partial charge in [-0.05, 0) is 43.9 Å². The molecule has 0 bridgehead atoms. The number of nitrogens with two attached hydrogens (primary N) is 3. The number of para-hydroxylation sites is 1. The van der Waals surface area contributed by atoms with Gasteiger partial charge in [-0.3, -0.25) is 24.0 Å². The molecule has 196 valence electrons. The van der Waals surface area contributed by atoms with Gasteiger partial charge in [-0.25, -0.2) is 0 Å². The molecule has 1 aromatic carbocycles. The number of nitrogens with one attached hydrogen (secondary N) is 4. The van der Waals surface area contributed by atoms with E-state index < -0.39 is 60.7 Å². The van der Waals surface area contributed by atoms with Crippen LogP contribution in [-0.2, 0) is 30.4 Å². The van der Waals surface area contributed by atoms with Crippen molar-refractivity contribution in [2.75, 3.05) is 13.1 Å². The fourth-order valence-electron chi connectivity index (χ4n) is 3.64. The Morgan fingerprint density at radius 2 is 1.67 bits per heavy atom. The molecule has 0 spiro atoms. The van der Waals surface area contributed by atoms with E-state index in [1.54, 1.807) is 6.20 Å². The van der Waals surface area contributed by atoms with Crippen LogP contribution in [0.2, 0.25) is 0 Å². The number of H-pyrrole nitrogens is 1. The van der Waals surface area contributed by atoms with Crippen molar-refractivity contribution in [3.63, 3.8) is 0 Å². The highest BCUT2D eigenvalue weighted by molar-refractivity contribution is 5.95. The van der Waals surface area contributed by atoms with E-state index in [1.807, 2.05) is 24.3 Å². The minimum atomic E-state index is -1.41. The van der Waals surface area contributed by atoms with Gasteiger partial charge < -0.3 is 43.2 Å². The predicted octanol–water partition coefficient (Wildman–Crippen LogP) is -1.79. The quantitative estimate of drug-likeness (QED) is 0.129. The van der Waals surface area contributed by atoms with E-state index in [2.05, 4.69) is 20.9 Å². The number of carboxylic acid groups (broad SMARTS) is 1. The van der Waals surface area contributed by atoms with Crippen molar-refractivity contribution in [3.05, 3.63) is 36.0 Å². The Balaban J connectivity index is 2.09. The SMILES string of the molecule is NCCCCC(NC(=O)C(N)Cc1c[nH]c2ccccc12)C(=O)NC(CC(N)=O)C(=O)NCC(=O)O. The molecule has 1 heterocycles. The van der Waals surface area contributed by atoms with Gasteiger partial charge in [0.15, 0.2) is 0 Å². The van der Waals surface area contributed by atoms with Gasteiger partial charge in [0.1, 0.15) is 18.6 Å². The number of hydrogen-bond acceptors (Lipinski definition) is 7. The summed E-state index contributed by atoms with van der Waals surface area (Å²) in [7, 11) is 0. The molecule has 0 fully saturated rings. The lowest BCUT2D eigenvalue weighted by molar-refractivity contribution is -0.138. The lowest BCUT2D eigenvalue weighted by Gasteiger charge is -2.23. The number of unbranched alkanes of at least 4 members (excludes halogenated alkanes) is 1. The molecule has 2 rings (SSSR count). The van der Waals surface area contributed by atoms with Crippen molar-refractivity contribution in [2.24, 2.45) is 17.2 Å². The summed E-state index contributed by atoms with van der Waals surface area (Å²) in [6.45, 7) is -0.326. The number of rotatable bonds is 15. The van der Waals surface area contributed by atoms with Crippen LogP contribution in [0.3, 0.4) is 0 Å². The standard InChI is InChI=1S/C23H33N7O6/c24-8-4-3-7-17(23(36)30-18(10-19(26)31)22(35)28-12-20(32)33)29-21(34)15(25)9-13-11-27-16-6-2-1-5-14(13)16/h1-2,5-6,11,15,17-18,27H,3-4,7-10,12,24-25H2,(H2,26,31)(H,28,35)(H,29,34)(H,30,36)(H,32,33). The first-order chi connectivity index (χ1) is 17.1. The third-order valence-corrected chi connectivity index (χ3v) is 5.48. The highest BCUT2D eigenvalue weighted by atomic mass is 16.4. The molecule has 0 saturated heterocycles. The molecule has 36 heavy (non-hydrogen) atoms. The Hall–Kier alpha value is -3.97. The number of aromatic nitrogens is 1. The number of carboxylic acids is 1. The maximum atomic E-state index is 13.0. The van der Waals surface area contributed by atoms with E-state index in [-0.39, 0.29) is 12.8 Å². The molecular formula is C23H33N7O6. The fraction of sp³-hybridized carbons (Fsp3) is 0.435. The van der Waals surface area contributed by atoms with E-state index in [1.165, 1.54) is 0 Å². The molecule has 2 aromatic rings. The normalized spacial score (nSPS) is 13.4. The smallest absolute Gasteiger partial charge is 0.322 e. The van der Waals surface area contributed by atoms with Crippen LogP contribution in [0.1, 0.15) is 31.2 Å². The summed E-state index contributed by atoms with van der Waals surface area (Å²) in [5.41, 5.74) is 18.6. The Morgan fingerprint density at radius 1 is 0.972 bits per heavy atom. The van der Waals surface area contributed by atoms with Crippen molar-refractivity contribution >= 4 is 40.5 Å². The topological polar surface area (TPSA) is 236 Å². The molecule has 4 amide bonds. The number of primary amides is 1. The zero-order valence-corrected chi connectivity index (χ0v) is 19.8. The van der Waals surface area contributed by atoms with E-state index >= 15 is 0 Å². The molecule has 0 aliphatic rings. The number of benzene rings is 1. The molecule has 11 N–H and O–H groups in total. The molecule has 1 aromatic heterocycles. The summed E-state index contributed by atoms with van der Waals surface area (Å²) < 4.78 is 0. The average Bonchev–Trinajstić information content (AvgIpc) is 3.23. The van der Waals surface area contributed by atoms with Crippen LogP contribution in [0, 0.1) is 0 Å². The van der Waals surface area contributed by atoms with Gasteiger partial charge in [-0.2, -0.15) is 0 Å². The maximum Gasteiger partial charge on any atom is 0.322 e. The van der Waals surface area contributed by atoms with Crippen LogP contribution in [0.15, 0.2) is 30.5 Å². The molecule has 13 heteroatoms. The average molecular weight is 504 g/mol. The first-order valence-corrected chi connectivity index (χ1v) is 11.5. The van der Waals surface area contributed by atoms with Gasteiger partial charge in [-0.1, -0.05) is 18.2 Å². The van der Waals surface area contributed by atoms with E-state index in [9.17, 15) is 24.0 Å². The number of carbonyl (C=O) groups excluding carboxylic acids is 4. The molecule has 0 aliphatic heterocycles. The largest absolute Gasteiger partial charge is 0.480 e. The zero-order chi connectivity index (χ0) is 26.7. The summed E-state index contributed by atoms with van der Waals surface area (Å²) in [6, 6.07) is 4.12. The Labute approximate surface area is 207 Å². The lowest BCUT2D eigenvalue weighted by atomic mass is 10.0. The molecule has 3 atom stereocenters. The van der Waals surface area contributed by atoms with Gasteiger partial charge in [0, 0.05) is 17.1 Å². The van der Waals surface area contributed by atoms with E-state index in [0.717, 1.165) is 16.5 Å². The Kier molecular flexibility index (Phi) is 10.8. The van der Waals surface area contributed by atoms with Gasteiger partial charge in [-0.15, -0.1) is 0 Å². The molecular weight excluding hydrogens is 470 g/mol. The minimum Gasteiger partial charge on any atom is -0.480 e. The molecule has 0 saturated carbocycles. The summed E-state index contributed by atoms with van der Waals surface area (Å²) in [5.74, 6) is -4.39. The maximum absolute atomic E-state index is 13.0. The number of fused-ring (bicyclic) bond motifs is 1. The van der Waals surface area contributed by atoms with Crippen molar-refractivity contribution < 1.29 is 29.1 Å². The van der Waals surface area contributed by atoms with Gasteiger partial charge in [0.2, 0.25) is 23.6 Å². The van der Waals surface area contributed by atoms with Crippen LogP contribution in [-0.4, -0.2) is 70.9 Å². The summed E-state index contributed by atoms with van der Waals surface area (Å²) in [5, 5.41) is 16.8. The van der Waals surface area contributed by atoms with E-state index in [0.29, 0.717) is 19.4 Å². The van der Waals surface area contributed by atoms with Gasteiger partial charge in [0.05, 0.1) is 12.5 Å². The number of hydrogen-bond donors (Lipinski definition) is 8.